The van der Waals surface area contributed by atoms with Gasteiger partial charge in [0.15, 0.2) is 6.29 Å². The number of hydrogen-bond donors (Lipinski definition) is 6. The van der Waals surface area contributed by atoms with Gasteiger partial charge in [0, 0.05) is 32.7 Å². The van der Waals surface area contributed by atoms with E-state index in [0.717, 1.165) is 25.5 Å². The molecule has 0 aliphatic carbocycles. The molecule has 270 valence electrons. The van der Waals surface area contributed by atoms with Crippen LogP contribution in [0.15, 0.2) is 30.5 Å². The molecule has 1 aliphatic rings. The Morgan fingerprint density at radius 1 is 1.06 bits per heavy atom. The van der Waals surface area contributed by atoms with Gasteiger partial charge in [-0.3, -0.25) is 23.4 Å². The fourth-order valence-electron chi connectivity index (χ4n) is 4.63. The maximum absolute atomic E-state index is 11.9. The fraction of sp³-hybridized carbons (Fsp3) is 0.621. The third kappa shape index (κ3) is 13.2. The molecule has 1 aromatic carbocycles. The zero-order valence-corrected chi connectivity index (χ0v) is 27.3. The highest BCUT2D eigenvalue weighted by Gasteiger charge is 2.45. The highest BCUT2D eigenvalue weighted by atomic mass is 31.2. The van der Waals surface area contributed by atoms with E-state index in [-0.39, 0.29) is 20.6 Å². The van der Waals surface area contributed by atoms with E-state index in [1.807, 2.05) is 24.3 Å². The van der Waals surface area contributed by atoms with Crippen molar-refractivity contribution >= 4 is 25.5 Å². The van der Waals surface area contributed by atoms with Gasteiger partial charge in [0.25, 0.3) is 0 Å². The Morgan fingerprint density at radius 3 is 2.50 bits per heavy atom. The Balaban J connectivity index is 0.00000800. The molecule has 1 aliphatic heterocycles. The summed E-state index contributed by atoms with van der Waals surface area (Å²) in [6, 6.07) is 6.30. The quantitative estimate of drug-likeness (QED) is 0.0505. The average molecular weight is 703 g/mol. The van der Waals surface area contributed by atoms with E-state index in [4.69, 9.17) is 19.1 Å². The molecule has 1 saturated heterocycles. The van der Waals surface area contributed by atoms with Gasteiger partial charge in [-0.1, -0.05) is 37.6 Å². The van der Waals surface area contributed by atoms with Crippen molar-refractivity contribution in [1.29, 1.82) is 0 Å². The van der Waals surface area contributed by atoms with Crippen LogP contribution in [0.1, 0.15) is 46.5 Å². The van der Waals surface area contributed by atoms with Crippen LogP contribution in [-0.4, -0.2) is 113 Å². The predicted octanol–water partition coefficient (Wildman–Crippen LogP) is 0.462. The molecule has 0 radical (unpaired) electrons. The summed E-state index contributed by atoms with van der Waals surface area (Å²) >= 11 is 0. The molecule has 19 heteroatoms. The van der Waals surface area contributed by atoms with E-state index in [9.17, 15) is 29.2 Å². The number of hydrogen-bond acceptors (Lipinski definition) is 13. The second kappa shape index (κ2) is 20.1. The zero-order valence-electron chi connectivity index (χ0n) is 26.4. The number of aromatic nitrogens is 3. The first-order chi connectivity index (χ1) is 22.4. The number of nitrogens with one attached hydrogen (secondary N) is 3. The average Bonchev–Trinajstić information content (AvgIpc) is 3.51. The van der Waals surface area contributed by atoms with Crippen molar-refractivity contribution in [2.45, 2.75) is 83.6 Å². The number of phosphoric ester groups is 1. The van der Waals surface area contributed by atoms with Crippen molar-refractivity contribution in [3.8, 4) is 17.0 Å². The molecular formula is C29H47N6O12P. The molecule has 18 nitrogen and oxygen atoms in total. The minimum Gasteiger partial charge on any atom is -0.497 e. The van der Waals surface area contributed by atoms with Crippen LogP contribution in [0.5, 0.6) is 5.75 Å². The molecule has 48 heavy (non-hydrogen) atoms. The summed E-state index contributed by atoms with van der Waals surface area (Å²) < 4.78 is 38.5. The molecule has 2 aromatic rings. The largest absolute Gasteiger partial charge is 0.497 e. The monoisotopic (exact) mass is 702 g/mol. The first-order valence-electron chi connectivity index (χ1n) is 14.9. The zero-order chi connectivity index (χ0) is 34.4. The number of amides is 3. The first kappa shape index (κ1) is 40.7. The second-order valence-corrected chi connectivity index (χ2v) is 12.2. The molecule has 0 bridgehead atoms. The van der Waals surface area contributed by atoms with Crippen molar-refractivity contribution in [2.24, 2.45) is 0 Å². The molecule has 6 atom stereocenters. The lowest BCUT2D eigenvalue weighted by molar-refractivity contribution is -0.267. The SMILES string of the molecule is C.COc1cccc(-c2cn(CC3OC(OCCCCCCNC(=O)CC(=O)NCOP(=O)(O)OC)C(NC(C)=O)C(O)C3O)nn2)c1. The van der Waals surface area contributed by atoms with Gasteiger partial charge in [-0.05, 0) is 25.0 Å². The Morgan fingerprint density at radius 2 is 1.79 bits per heavy atom. The number of benzene rings is 1. The molecule has 6 unspecified atom stereocenters. The lowest BCUT2D eigenvalue weighted by Gasteiger charge is -2.42. The van der Waals surface area contributed by atoms with E-state index >= 15 is 0 Å². The summed E-state index contributed by atoms with van der Waals surface area (Å²) in [5, 5.41) is 37.4. The van der Waals surface area contributed by atoms with Gasteiger partial charge in [-0.15, -0.1) is 5.10 Å². The number of carbonyl (C=O) groups is 3. The third-order valence-corrected chi connectivity index (χ3v) is 7.98. The minimum absolute atomic E-state index is 0. The Hall–Kier alpha value is -3.48. The third-order valence-electron chi connectivity index (χ3n) is 7.07. The van der Waals surface area contributed by atoms with E-state index in [1.54, 1.807) is 13.3 Å². The summed E-state index contributed by atoms with van der Waals surface area (Å²) in [5.74, 6) is -0.959. The van der Waals surface area contributed by atoms with Crippen LogP contribution >= 0.6 is 7.82 Å². The summed E-state index contributed by atoms with van der Waals surface area (Å²) in [4.78, 5) is 44.5. The Kier molecular flexibility index (Phi) is 17.1. The highest BCUT2D eigenvalue weighted by molar-refractivity contribution is 7.47. The Labute approximate surface area is 279 Å². The molecule has 1 fully saturated rings. The van der Waals surface area contributed by atoms with Gasteiger partial charge in [0.05, 0.1) is 19.9 Å². The minimum atomic E-state index is -4.22. The summed E-state index contributed by atoms with van der Waals surface area (Å²) in [7, 11) is -1.68. The highest BCUT2D eigenvalue weighted by Crippen LogP contribution is 2.41. The first-order valence-corrected chi connectivity index (χ1v) is 16.4. The van der Waals surface area contributed by atoms with Crippen LogP contribution in [0.2, 0.25) is 0 Å². The number of carbonyl (C=O) groups excluding carboxylic acids is 3. The summed E-state index contributed by atoms with van der Waals surface area (Å²) in [6.07, 6.45) is -0.766. The Bertz CT molecular complexity index is 1360. The van der Waals surface area contributed by atoms with Crippen LogP contribution in [0, 0.1) is 0 Å². The summed E-state index contributed by atoms with van der Waals surface area (Å²) in [6.45, 7) is 1.33. The van der Waals surface area contributed by atoms with Gasteiger partial charge in [-0.25, -0.2) is 9.25 Å². The molecule has 3 amide bonds. The lowest BCUT2D eigenvalue weighted by atomic mass is 9.96. The van der Waals surface area contributed by atoms with Crippen LogP contribution in [0.4, 0.5) is 0 Å². The van der Waals surface area contributed by atoms with Crippen LogP contribution in [0.25, 0.3) is 11.3 Å². The van der Waals surface area contributed by atoms with E-state index < -0.39 is 69.3 Å². The van der Waals surface area contributed by atoms with Gasteiger partial charge < -0.3 is 45.3 Å². The fourth-order valence-corrected chi connectivity index (χ4v) is 4.96. The molecule has 2 heterocycles. The van der Waals surface area contributed by atoms with Gasteiger partial charge >= 0.3 is 7.82 Å². The summed E-state index contributed by atoms with van der Waals surface area (Å²) in [5.41, 5.74) is 1.36. The van der Waals surface area contributed by atoms with Crippen molar-refractivity contribution in [1.82, 2.24) is 30.9 Å². The molecular weight excluding hydrogens is 655 g/mol. The van der Waals surface area contributed by atoms with Gasteiger partial charge in [0.2, 0.25) is 17.7 Å². The van der Waals surface area contributed by atoms with Gasteiger partial charge in [-0.2, -0.15) is 0 Å². The maximum Gasteiger partial charge on any atom is 0.473 e. The smallest absolute Gasteiger partial charge is 0.473 e. The molecule has 0 spiro atoms. The molecule has 3 rings (SSSR count). The topological polar surface area (TPSA) is 242 Å². The number of nitrogens with zero attached hydrogens (tertiary/aromatic N) is 3. The van der Waals surface area contributed by atoms with Crippen molar-refractivity contribution in [3.05, 3.63) is 30.5 Å². The van der Waals surface area contributed by atoms with Crippen molar-refractivity contribution in [2.75, 3.05) is 34.1 Å². The number of unbranched alkanes of at least 4 members (excludes halogenated alkanes) is 3. The normalized spacial score (nSPS) is 21.8. The second-order valence-electron chi connectivity index (χ2n) is 10.6. The molecule has 1 aromatic heterocycles. The van der Waals surface area contributed by atoms with Gasteiger partial charge in [0.1, 0.15) is 48.9 Å². The van der Waals surface area contributed by atoms with Crippen LogP contribution in [0.3, 0.4) is 0 Å². The standard InChI is InChI=1S/C28H43N6O12P.CH4/c1-18(35)31-25-27(39)26(38)22(16-34-15-21(32-33-34)19-9-8-10-20(13-19)42-2)46-28(25)44-12-7-5-4-6-11-29-23(36)14-24(37)30-17-45-47(40,41)43-3;/h8-10,13,15,22,25-28,38-39H,4-7,11-12,14,16-17H2,1-3H3,(H,29,36)(H,30,37)(H,31,35)(H,40,41);1H4. The lowest BCUT2D eigenvalue weighted by Crippen LogP contribution is -2.64. The number of rotatable bonds is 19. The number of aliphatic hydroxyl groups is 2. The molecule has 0 saturated carbocycles. The maximum atomic E-state index is 11.9. The number of ether oxygens (including phenoxy) is 3. The number of methoxy groups -OCH3 is 1. The van der Waals surface area contributed by atoms with Crippen LogP contribution < -0.4 is 20.7 Å². The van der Waals surface area contributed by atoms with E-state index in [2.05, 4.69) is 35.3 Å². The molecule has 6 N–H and O–H groups in total. The number of aliphatic hydroxyl groups excluding tert-OH is 2. The van der Waals surface area contributed by atoms with Crippen molar-refractivity contribution in [3.63, 3.8) is 0 Å². The van der Waals surface area contributed by atoms with E-state index in [1.165, 1.54) is 11.6 Å². The van der Waals surface area contributed by atoms with Crippen LogP contribution in [-0.2, 0) is 44.0 Å². The van der Waals surface area contributed by atoms with E-state index in [0.29, 0.717) is 30.8 Å². The number of phosphoric acid groups is 1. The predicted molar refractivity (Wildman–Crippen MR) is 170 cm³/mol. The van der Waals surface area contributed by atoms with Crippen molar-refractivity contribution < 1.29 is 57.3 Å².